The molecule has 0 aromatic carbocycles. The lowest BCUT2D eigenvalue weighted by atomic mass is 9.94. The minimum absolute atomic E-state index is 0.119. The van der Waals surface area contributed by atoms with Gasteiger partial charge >= 0.3 is 5.97 Å². The monoisotopic (exact) mass is 225 g/mol. The summed E-state index contributed by atoms with van der Waals surface area (Å²) in [6.07, 6.45) is 6.98. The van der Waals surface area contributed by atoms with Crippen molar-refractivity contribution in [3.63, 3.8) is 0 Å². The number of rotatable bonds is 3. The van der Waals surface area contributed by atoms with Crippen molar-refractivity contribution in [2.24, 2.45) is 5.41 Å². The van der Waals surface area contributed by atoms with E-state index < -0.39 is 5.41 Å². The molecule has 0 saturated heterocycles. The lowest BCUT2D eigenvalue weighted by Crippen LogP contribution is -2.43. The van der Waals surface area contributed by atoms with Crippen LogP contribution in [0, 0.1) is 5.41 Å². The van der Waals surface area contributed by atoms with Crippen molar-refractivity contribution < 1.29 is 14.3 Å². The molecule has 1 N–H and O–H groups in total. The lowest BCUT2D eigenvalue weighted by Gasteiger charge is -2.24. The summed E-state index contributed by atoms with van der Waals surface area (Å²) in [6.45, 7) is 0. The second-order valence-corrected chi connectivity index (χ2v) is 4.88. The summed E-state index contributed by atoms with van der Waals surface area (Å²) in [7, 11) is 1.34. The van der Waals surface area contributed by atoms with Crippen LogP contribution in [0.25, 0.3) is 0 Å². The standard InChI is InChI=1S/C12H19NO3/c1-16-11(15)12(7-8-12)10(14)13-9-5-3-2-4-6-9/h9H,2-8H2,1H3,(H,13,14). The maximum absolute atomic E-state index is 12.0. The third kappa shape index (κ3) is 2.06. The van der Waals surface area contributed by atoms with Crippen molar-refractivity contribution in [1.82, 2.24) is 5.32 Å². The summed E-state index contributed by atoms with van der Waals surface area (Å²) < 4.78 is 4.69. The van der Waals surface area contributed by atoms with Crippen molar-refractivity contribution in [3.05, 3.63) is 0 Å². The number of carbonyl (C=O) groups excluding carboxylic acids is 2. The Morgan fingerprint density at radius 1 is 1.19 bits per heavy atom. The smallest absolute Gasteiger partial charge is 0.321 e. The number of hydrogen-bond acceptors (Lipinski definition) is 3. The van der Waals surface area contributed by atoms with Crippen LogP contribution in [0.4, 0.5) is 0 Å². The maximum atomic E-state index is 12.0. The summed E-state index contributed by atoms with van der Waals surface area (Å²) in [5.74, 6) is -0.493. The summed E-state index contributed by atoms with van der Waals surface area (Å²) in [5, 5.41) is 3.00. The van der Waals surface area contributed by atoms with Gasteiger partial charge in [0, 0.05) is 6.04 Å². The largest absolute Gasteiger partial charge is 0.468 e. The van der Waals surface area contributed by atoms with Crippen LogP contribution in [0.5, 0.6) is 0 Å². The molecule has 0 spiro atoms. The van der Waals surface area contributed by atoms with Crippen LogP contribution in [0.15, 0.2) is 0 Å². The second-order valence-electron chi connectivity index (χ2n) is 4.88. The molecule has 1 amide bonds. The first kappa shape index (κ1) is 11.4. The van der Waals surface area contributed by atoms with Crippen LogP contribution in [0.1, 0.15) is 44.9 Å². The Morgan fingerprint density at radius 2 is 1.81 bits per heavy atom. The van der Waals surface area contributed by atoms with Crippen LogP contribution in [-0.4, -0.2) is 25.0 Å². The fourth-order valence-electron chi connectivity index (χ4n) is 2.41. The first-order chi connectivity index (χ1) is 7.69. The maximum Gasteiger partial charge on any atom is 0.321 e. The van der Waals surface area contributed by atoms with Gasteiger partial charge in [-0.1, -0.05) is 19.3 Å². The highest BCUT2D eigenvalue weighted by Crippen LogP contribution is 2.47. The third-order valence-electron chi connectivity index (χ3n) is 3.70. The highest BCUT2D eigenvalue weighted by atomic mass is 16.5. The van der Waals surface area contributed by atoms with Gasteiger partial charge in [0.1, 0.15) is 5.41 Å². The molecule has 0 atom stereocenters. The fraction of sp³-hybridized carbons (Fsp3) is 0.833. The molecule has 16 heavy (non-hydrogen) atoms. The van der Waals surface area contributed by atoms with E-state index in [9.17, 15) is 9.59 Å². The van der Waals surface area contributed by atoms with E-state index in [0.29, 0.717) is 12.8 Å². The van der Waals surface area contributed by atoms with Gasteiger partial charge in [0.05, 0.1) is 7.11 Å². The van der Waals surface area contributed by atoms with Gasteiger partial charge in [-0.15, -0.1) is 0 Å². The van der Waals surface area contributed by atoms with Gasteiger partial charge in [-0.2, -0.15) is 0 Å². The SMILES string of the molecule is COC(=O)C1(C(=O)NC2CCCCC2)CC1. The Bertz CT molecular complexity index is 291. The average molecular weight is 225 g/mol. The molecule has 0 heterocycles. The molecule has 90 valence electrons. The summed E-state index contributed by atoms with van der Waals surface area (Å²) in [5.41, 5.74) is -0.841. The molecule has 4 heteroatoms. The van der Waals surface area contributed by atoms with Crippen molar-refractivity contribution in [1.29, 1.82) is 0 Å². The zero-order valence-electron chi connectivity index (χ0n) is 9.75. The Balaban J connectivity index is 1.90. The average Bonchev–Trinajstić information content (AvgIpc) is 3.10. The summed E-state index contributed by atoms with van der Waals surface area (Å²) in [4.78, 5) is 23.5. The number of amides is 1. The highest BCUT2D eigenvalue weighted by molar-refractivity contribution is 6.05. The van der Waals surface area contributed by atoms with E-state index in [1.807, 2.05) is 0 Å². The van der Waals surface area contributed by atoms with E-state index in [2.05, 4.69) is 10.1 Å². The summed E-state index contributed by atoms with van der Waals surface area (Å²) >= 11 is 0. The van der Waals surface area contributed by atoms with Gasteiger partial charge < -0.3 is 10.1 Å². The molecule has 0 aromatic rings. The number of nitrogens with one attached hydrogen (secondary N) is 1. The molecule has 0 unspecified atom stereocenters. The van der Waals surface area contributed by atoms with Gasteiger partial charge in [-0.05, 0) is 25.7 Å². The molecule has 0 aromatic heterocycles. The van der Waals surface area contributed by atoms with Gasteiger partial charge in [0.15, 0.2) is 0 Å². The Hall–Kier alpha value is -1.06. The first-order valence-electron chi connectivity index (χ1n) is 6.08. The highest BCUT2D eigenvalue weighted by Gasteiger charge is 2.58. The van der Waals surface area contributed by atoms with E-state index in [4.69, 9.17) is 0 Å². The van der Waals surface area contributed by atoms with Crippen molar-refractivity contribution in [2.75, 3.05) is 7.11 Å². The molecule has 0 radical (unpaired) electrons. The van der Waals surface area contributed by atoms with Gasteiger partial charge in [-0.3, -0.25) is 9.59 Å². The molecule has 2 aliphatic carbocycles. The Labute approximate surface area is 95.7 Å². The van der Waals surface area contributed by atoms with E-state index >= 15 is 0 Å². The topological polar surface area (TPSA) is 55.4 Å². The number of ether oxygens (including phenoxy) is 1. The zero-order chi connectivity index (χ0) is 11.6. The molecule has 2 saturated carbocycles. The van der Waals surface area contributed by atoms with Crippen molar-refractivity contribution in [2.45, 2.75) is 51.0 Å². The number of methoxy groups -OCH3 is 1. The van der Waals surface area contributed by atoms with Gasteiger partial charge in [-0.25, -0.2) is 0 Å². The number of carbonyl (C=O) groups is 2. The predicted octanol–water partition coefficient (Wildman–Crippen LogP) is 1.39. The van der Waals surface area contributed by atoms with Crippen LogP contribution < -0.4 is 5.32 Å². The van der Waals surface area contributed by atoms with E-state index in [1.54, 1.807) is 0 Å². The zero-order valence-corrected chi connectivity index (χ0v) is 9.75. The molecule has 2 fully saturated rings. The van der Waals surface area contributed by atoms with Crippen LogP contribution in [-0.2, 0) is 14.3 Å². The van der Waals surface area contributed by atoms with Crippen molar-refractivity contribution >= 4 is 11.9 Å². The normalized spacial score (nSPS) is 23.6. The fourth-order valence-corrected chi connectivity index (χ4v) is 2.41. The van der Waals surface area contributed by atoms with Crippen LogP contribution >= 0.6 is 0 Å². The quantitative estimate of drug-likeness (QED) is 0.583. The molecule has 0 aliphatic heterocycles. The van der Waals surface area contributed by atoms with Crippen molar-refractivity contribution in [3.8, 4) is 0 Å². The Kier molecular flexibility index (Phi) is 3.17. The summed E-state index contributed by atoms with van der Waals surface area (Å²) in [6, 6.07) is 0.267. The lowest BCUT2D eigenvalue weighted by molar-refractivity contribution is -0.152. The molecule has 0 bridgehead atoms. The second kappa shape index (κ2) is 4.44. The number of esters is 1. The third-order valence-corrected chi connectivity index (χ3v) is 3.70. The Morgan fingerprint density at radius 3 is 2.31 bits per heavy atom. The van der Waals surface area contributed by atoms with Crippen LogP contribution in [0.3, 0.4) is 0 Å². The molecular weight excluding hydrogens is 206 g/mol. The molecular formula is C12H19NO3. The minimum atomic E-state index is -0.841. The van der Waals surface area contributed by atoms with Gasteiger partial charge in [0.25, 0.3) is 0 Å². The molecule has 2 aliphatic rings. The minimum Gasteiger partial charge on any atom is -0.468 e. The van der Waals surface area contributed by atoms with Crippen LogP contribution in [0.2, 0.25) is 0 Å². The van der Waals surface area contributed by atoms with E-state index in [1.165, 1.54) is 26.4 Å². The molecule has 2 rings (SSSR count). The predicted molar refractivity (Wildman–Crippen MR) is 58.7 cm³/mol. The van der Waals surface area contributed by atoms with Gasteiger partial charge in [0.2, 0.25) is 5.91 Å². The number of hydrogen-bond donors (Lipinski definition) is 1. The first-order valence-corrected chi connectivity index (χ1v) is 6.08. The van der Waals surface area contributed by atoms with E-state index in [0.717, 1.165) is 12.8 Å². The van der Waals surface area contributed by atoms with E-state index in [-0.39, 0.29) is 17.9 Å². The molecule has 4 nitrogen and oxygen atoms in total.